The molecule has 0 fully saturated rings. The van der Waals surface area contributed by atoms with E-state index < -0.39 is 0 Å². The van der Waals surface area contributed by atoms with Crippen molar-refractivity contribution in [3.05, 3.63) is 90.8 Å². The Bertz CT molecular complexity index is 1450. The van der Waals surface area contributed by atoms with E-state index in [0.29, 0.717) is 23.0 Å². The van der Waals surface area contributed by atoms with E-state index in [0.717, 1.165) is 33.9 Å². The van der Waals surface area contributed by atoms with Crippen molar-refractivity contribution >= 4 is 17.2 Å². The molecule has 7 nitrogen and oxygen atoms in total. The molecule has 5 aromatic rings. The highest BCUT2D eigenvalue weighted by molar-refractivity contribution is 5.82. The number of hydrogen-bond acceptors (Lipinski definition) is 6. The summed E-state index contributed by atoms with van der Waals surface area (Å²) in [6, 6.07) is 23.4. The lowest BCUT2D eigenvalue weighted by Crippen LogP contribution is -2.00. The number of aryl methyl sites for hydroxylation is 1. The first-order chi connectivity index (χ1) is 16.7. The molecule has 0 saturated carbocycles. The number of nitrogens with one attached hydrogen (secondary N) is 1. The van der Waals surface area contributed by atoms with Gasteiger partial charge in [0, 0.05) is 23.5 Å². The molecule has 0 aliphatic rings. The molecule has 34 heavy (non-hydrogen) atoms. The maximum absolute atomic E-state index is 6.16. The second kappa shape index (κ2) is 9.15. The zero-order valence-corrected chi connectivity index (χ0v) is 19.1. The molecule has 0 radical (unpaired) electrons. The van der Waals surface area contributed by atoms with Crippen molar-refractivity contribution in [1.29, 1.82) is 0 Å². The number of nitrogens with zero attached hydrogens (tertiary/aromatic N) is 3. The summed E-state index contributed by atoms with van der Waals surface area (Å²) in [5.41, 5.74) is 4.31. The van der Waals surface area contributed by atoms with Gasteiger partial charge in [-0.15, -0.1) is 0 Å². The van der Waals surface area contributed by atoms with Gasteiger partial charge >= 0.3 is 0 Å². The van der Waals surface area contributed by atoms with E-state index in [9.17, 15) is 0 Å². The van der Waals surface area contributed by atoms with Gasteiger partial charge in [-0.1, -0.05) is 36.4 Å². The number of hydrogen-bond donors (Lipinski definition) is 1. The summed E-state index contributed by atoms with van der Waals surface area (Å²) in [7, 11) is 3.26. The first-order valence-electron chi connectivity index (χ1n) is 10.8. The van der Waals surface area contributed by atoms with Gasteiger partial charge in [0.05, 0.1) is 26.0 Å². The van der Waals surface area contributed by atoms with Gasteiger partial charge in [0.25, 0.3) is 0 Å². The summed E-state index contributed by atoms with van der Waals surface area (Å²) in [6.07, 6.45) is 3.68. The standard InChI is InChI=1S/C27H24N4O3/c1-18-15-19(16-24(32-2)26(18)33-3)29-25-13-14-31-27(30-25)22(17-28-31)21-11-7-8-12-23(21)34-20-9-5-4-6-10-20/h4-17H,1-3H3,(H,29,30). The molecule has 0 saturated heterocycles. The zero-order chi connectivity index (χ0) is 23.5. The number of rotatable bonds is 7. The third-order valence-electron chi connectivity index (χ3n) is 5.45. The molecule has 0 amide bonds. The maximum Gasteiger partial charge on any atom is 0.165 e. The summed E-state index contributed by atoms with van der Waals surface area (Å²) in [5, 5.41) is 7.86. The fraction of sp³-hybridized carbons (Fsp3) is 0.111. The molecule has 0 aliphatic carbocycles. The first kappa shape index (κ1) is 21.3. The third-order valence-corrected chi connectivity index (χ3v) is 5.45. The van der Waals surface area contributed by atoms with Crippen molar-refractivity contribution in [2.45, 2.75) is 6.92 Å². The van der Waals surface area contributed by atoms with Gasteiger partial charge in [-0.3, -0.25) is 0 Å². The predicted octanol–water partition coefficient (Wildman–Crippen LogP) is 6.26. The zero-order valence-electron chi connectivity index (χ0n) is 19.1. The maximum atomic E-state index is 6.16. The minimum atomic E-state index is 0.656. The van der Waals surface area contributed by atoms with Gasteiger partial charge in [-0.05, 0) is 42.8 Å². The molecule has 0 bridgehead atoms. The van der Waals surface area contributed by atoms with Crippen LogP contribution in [0.2, 0.25) is 0 Å². The largest absolute Gasteiger partial charge is 0.493 e. The predicted molar refractivity (Wildman–Crippen MR) is 133 cm³/mol. The van der Waals surface area contributed by atoms with Gasteiger partial charge in [0.1, 0.15) is 17.3 Å². The Kier molecular flexibility index (Phi) is 5.74. The van der Waals surface area contributed by atoms with Crippen LogP contribution in [0.3, 0.4) is 0 Å². The van der Waals surface area contributed by atoms with Crippen LogP contribution in [-0.4, -0.2) is 28.8 Å². The summed E-state index contributed by atoms with van der Waals surface area (Å²) >= 11 is 0. The molecule has 170 valence electrons. The quantitative estimate of drug-likeness (QED) is 0.314. The minimum absolute atomic E-state index is 0.656. The molecule has 2 aromatic heterocycles. The normalized spacial score (nSPS) is 10.8. The van der Waals surface area contributed by atoms with E-state index in [1.54, 1.807) is 24.9 Å². The van der Waals surface area contributed by atoms with Gasteiger partial charge in [-0.2, -0.15) is 5.10 Å². The topological polar surface area (TPSA) is 69.9 Å². The van der Waals surface area contributed by atoms with E-state index in [-0.39, 0.29) is 0 Å². The van der Waals surface area contributed by atoms with E-state index in [2.05, 4.69) is 10.4 Å². The highest BCUT2D eigenvalue weighted by Crippen LogP contribution is 2.37. The Labute approximate surface area is 197 Å². The molecule has 7 heteroatoms. The molecule has 0 spiro atoms. The lowest BCUT2D eigenvalue weighted by atomic mass is 10.1. The highest BCUT2D eigenvalue weighted by Gasteiger charge is 2.15. The van der Waals surface area contributed by atoms with Crippen molar-refractivity contribution in [3.8, 4) is 34.1 Å². The van der Waals surface area contributed by atoms with Crippen molar-refractivity contribution in [2.24, 2.45) is 0 Å². The van der Waals surface area contributed by atoms with E-state index >= 15 is 0 Å². The lowest BCUT2D eigenvalue weighted by molar-refractivity contribution is 0.353. The summed E-state index contributed by atoms with van der Waals surface area (Å²) < 4.78 is 18.8. The Morgan fingerprint density at radius 2 is 1.62 bits per heavy atom. The van der Waals surface area contributed by atoms with Crippen LogP contribution >= 0.6 is 0 Å². The van der Waals surface area contributed by atoms with Crippen LogP contribution in [0.25, 0.3) is 16.8 Å². The van der Waals surface area contributed by atoms with E-state index in [4.69, 9.17) is 19.2 Å². The number of para-hydroxylation sites is 2. The van der Waals surface area contributed by atoms with E-state index in [1.165, 1.54) is 0 Å². The third kappa shape index (κ3) is 4.11. The molecular weight excluding hydrogens is 428 g/mol. The van der Waals surface area contributed by atoms with Crippen LogP contribution in [0.4, 0.5) is 11.5 Å². The van der Waals surface area contributed by atoms with Crippen molar-refractivity contribution < 1.29 is 14.2 Å². The number of ether oxygens (including phenoxy) is 3. The van der Waals surface area contributed by atoms with Crippen molar-refractivity contribution in [1.82, 2.24) is 14.6 Å². The molecular formula is C27H24N4O3. The van der Waals surface area contributed by atoms with Gasteiger partial charge in [-0.25, -0.2) is 9.50 Å². The van der Waals surface area contributed by atoms with Gasteiger partial charge in [0.15, 0.2) is 17.1 Å². The average Bonchev–Trinajstić information content (AvgIpc) is 3.28. The van der Waals surface area contributed by atoms with Crippen LogP contribution in [0.1, 0.15) is 5.56 Å². The summed E-state index contributed by atoms with van der Waals surface area (Å²) in [4.78, 5) is 4.84. The smallest absolute Gasteiger partial charge is 0.165 e. The molecule has 3 aromatic carbocycles. The number of benzene rings is 3. The van der Waals surface area contributed by atoms with Crippen molar-refractivity contribution in [3.63, 3.8) is 0 Å². The molecule has 0 unspecified atom stereocenters. The Morgan fingerprint density at radius 3 is 2.41 bits per heavy atom. The van der Waals surface area contributed by atoms with Crippen LogP contribution in [0, 0.1) is 6.92 Å². The Balaban J connectivity index is 1.51. The molecule has 5 rings (SSSR count). The number of methoxy groups -OCH3 is 2. The Morgan fingerprint density at radius 1 is 0.824 bits per heavy atom. The number of aromatic nitrogens is 3. The van der Waals surface area contributed by atoms with E-state index in [1.807, 2.05) is 85.9 Å². The molecule has 0 atom stereocenters. The van der Waals surface area contributed by atoms with Crippen LogP contribution in [0.5, 0.6) is 23.0 Å². The van der Waals surface area contributed by atoms with Gasteiger partial charge < -0.3 is 19.5 Å². The first-order valence-corrected chi connectivity index (χ1v) is 10.8. The monoisotopic (exact) mass is 452 g/mol. The molecule has 0 aliphatic heterocycles. The second-order valence-electron chi connectivity index (χ2n) is 7.70. The Hall–Kier alpha value is -4.52. The average molecular weight is 453 g/mol. The SMILES string of the molecule is COc1cc(Nc2ccn3ncc(-c4ccccc4Oc4ccccc4)c3n2)cc(C)c1OC. The van der Waals surface area contributed by atoms with Crippen LogP contribution in [-0.2, 0) is 0 Å². The number of fused-ring (bicyclic) bond motifs is 1. The number of anilines is 2. The second-order valence-corrected chi connectivity index (χ2v) is 7.70. The van der Waals surface area contributed by atoms with Crippen molar-refractivity contribution in [2.75, 3.05) is 19.5 Å². The minimum Gasteiger partial charge on any atom is -0.493 e. The summed E-state index contributed by atoms with van der Waals surface area (Å²) in [5.74, 6) is 3.56. The van der Waals surface area contributed by atoms with Gasteiger partial charge in [0.2, 0.25) is 0 Å². The highest BCUT2D eigenvalue weighted by atomic mass is 16.5. The lowest BCUT2D eigenvalue weighted by Gasteiger charge is -2.14. The fourth-order valence-corrected chi connectivity index (χ4v) is 3.90. The van der Waals surface area contributed by atoms with Crippen LogP contribution in [0.15, 0.2) is 85.2 Å². The summed E-state index contributed by atoms with van der Waals surface area (Å²) in [6.45, 7) is 1.97. The van der Waals surface area contributed by atoms with Crippen LogP contribution < -0.4 is 19.5 Å². The fourth-order valence-electron chi connectivity index (χ4n) is 3.90. The molecule has 2 heterocycles. The molecule has 1 N–H and O–H groups in total.